The van der Waals surface area contributed by atoms with Crippen LogP contribution in [0.5, 0.6) is 0 Å². The zero-order chi connectivity index (χ0) is 12.5. The van der Waals surface area contributed by atoms with Crippen LogP contribution in [0.2, 0.25) is 0 Å². The summed E-state index contributed by atoms with van der Waals surface area (Å²) in [6.45, 7) is 1.27. The van der Waals surface area contributed by atoms with E-state index in [1.807, 2.05) is 6.07 Å². The molecule has 1 atom stereocenters. The van der Waals surface area contributed by atoms with Gasteiger partial charge in [0.2, 0.25) is 0 Å². The first-order valence-corrected chi connectivity index (χ1v) is 8.04. The lowest BCUT2D eigenvalue weighted by molar-refractivity contribution is 0.312. The van der Waals surface area contributed by atoms with Crippen molar-refractivity contribution in [3.63, 3.8) is 0 Å². The Bertz CT molecular complexity index is 549. The molecule has 0 saturated carbocycles. The molecule has 1 aliphatic heterocycles. The van der Waals surface area contributed by atoms with E-state index in [1.54, 1.807) is 11.4 Å². The number of hydrogen-bond donors (Lipinski definition) is 1. The first kappa shape index (κ1) is 13.0. The minimum absolute atomic E-state index is 0.264. The highest BCUT2D eigenvalue weighted by atomic mass is 79.9. The maximum atomic E-state index is 12.4. The second-order valence-corrected chi connectivity index (χ2v) is 7.38. The smallest absolute Gasteiger partial charge is 0.254 e. The Labute approximate surface area is 112 Å². The molecule has 5 nitrogen and oxygen atoms in total. The van der Waals surface area contributed by atoms with Crippen LogP contribution in [0.4, 0.5) is 0 Å². The predicted octanol–water partition coefficient (Wildman–Crippen LogP) is 0.997. The molecular formula is C9H10BrN3O2S2. The molecule has 0 aliphatic carbocycles. The van der Waals surface area contributed by atoms with Crippen LogP contribution in [-0.2, 0) is 10.0 Å². The van der Waals surface area contributed by atoms with E-state index in [4.69, 9.17) is 5.26 Å². The lowest BCUT2D eigenvalue weighted by Crippen LogP contribution is -2.52. The van der Waals surface area contributed by atoms with Crippen molar-refractivity contribution in [1.82, 2.24) is 9.62 Å². The summed E-state index contributed by atoms with van der Waals surface area (Å²) in [5, 5.41) is 13.7. The molecule has 0 radical (unpaired) electrons. The van der Waals surface area contributed by atoms with Crippen molar-refractivity contribution in [2.75, 3.05) is 19.6 Å². The van der Waals surface area contributed by atoms with Gasteiger partial charge in [-0.05, 0) is 27.4 Å². The van der Waals surface area contributed by atoms with E-state index < -0.39 is 16.1 Å². The molecule has 1 fully saturated rings. The van der Waals surface area contributed by atoms with E-state index in [-0.39, 0.29) is 4.21 Å². The lowest BCUT2D eigenvalue weighted by atomic mass is 10.3. The Hall–Kier alpha value is -0.460. The van der Waals surface area contributed by atoms with E-state index in [9.17, 15) is 8.42 Å². The molecular weight excluding hydrogens is 326 g/mol. The van der Waals surface area contributed by atoms with Gasteiger partial charge < -0.3 is 5.32 Å². The van der Waals surface area contributed by atoms with Gasteiger partial charge in [0.15, 0.2) is 0 Å². The molecule has 0 bridgehead atoms. The zero-order valence-corrected chi connectivity index (χ0v) is 12.0. The van der Waals surface area contributed by atoms with Crippen molar-refractivity contribution in [3.8, 4) is 6.07 Å². The summed E-state index contributed by atoms with van der Waals surface area (Å²) in [5.41, 5.74) is 0. The SMILES string of the molecule is N#CC1CNCCN1S(=O)(=O)c1sccc1Br. The number of sulfonamides is 1. The molecule has 1 aliphatic rings. The summed E-state index contributed by atoms with van der Waals surface area (Å²) in [6.07, 6.45) is 0. The molecule has 0 spiro atoms. The molecule has 17 heavy (non-hydrogen) atoms. The first-order valence-electron chi connectivity index (χ1n) is 4.92. The molecule has 92 valence electrons. The molecule has 2 rings (SSSR count). The van der Waals surface area contributed by atoms with Gasteiger partial charge in [-0.25, -0.2) is 8.42 Å². The average Bonchev–Trinajstić information content (AvgIpc) is 2.76. The average molecular weight is 336 g/mol. The van der Waals surface area contributed by atoms with Crippen LogP contribution >= 0.6 is 27.3 Å². The van der Waals surface area contributed by atoms with Gasteiger partial charge in [0.25, 0.3) is 10.0 Å². The number of thiophene rings is 1. The van der Waals surface area contributed by atoms with Gasteiger partial charge >= 0.3 is 0 Å². The van der Waals surface area contributed by atoms with Crippen LogP contribution in [0.1, 0.15) is 0 Å². The summed E-state index contributed by atoms with van der Waals surface area (Å²) in [6, 6.07) is 3.07. The largest absolute Gasteiger partial charge is 0.313 e. The van der Waals surface area contributed by atoms with Crippen LogP contribution in [0.15, 0.2) is 20.1 Å². The Kier molecular flexibility index (Phi) is 3.85. The highest BCUT2D eigenvalue weighted by Gasteiger charge is 2.35. The van der Waals surface area contributed by atoms with Gasteiger partial charge in [0.05, 0.1) is 6.07 Å². The summed E-state index contributed by atoms with van der Waals surface area (Å²) in [4.78, 5) is 0. The lowest BCUT2D eigenvalue weighted by Gasteiger charge is -2.30. The molecule has 0 aromatic carbocycles. The van der Waals surface area contributed by atoms with E-state index in [0.29, 0.717) is 24.1 Å². The van der Waals surface area contributed by atoms with E-state index in [1.165, 1.54) is 4.31 Å². The molecule has 1 unspecified atom stereocenters. The summed E-state index contributed by atoms with van der Waals surface area (Å²) < 4.78 is 26.8. The van der Waals surface area contributed by atoms with E-state index >= 15 is 0 Å². The Balaban J connectivity index is 2.39. The van der Waals surface area contributed by atoms with Crippen LogP contribution in [0.3, 0.4) is 0 Å². The van der Waals surface area contributed by atoms with Crippen LogP contribution < -0.4 is 5.32 Å². The summed E-state index contributed by atoms with van der Waals surface area (Å²) >= 11 is 4.37. The van der Waals surface area contributed by atoms with Crippen LogP contribution in [-0.4, -0.2) is 38.4 Å². The minimum atomic E-state index is -3.57. The Morgan fingerprint density at radius 3 is 3.00 bits per heavy atom. The van der Waals surface area contributed by atoms with Gasteiger partial charge in [-0.3, -0.25) is 0 Å². The van der Waals surface area contributed by atoms with Crippen molar-refractivity contribution >= 4 is 37.3 Å². The number of nitriles is 1. The van der Waals surface area contributed by atoms with Gasteiger partial charge in [0.1, 0.15) is 10.3 Å². The summed E-state index contributed by atoms with van der Waals surface area (Å²) in [7, 11) is -3.57. The van der Waals surface area contributed by atoms with E-state index in [2.05, 4.69) is 21.2 Å². The number of hydrogen-bond acceptors (Lipinski definition) is 5. The molecule has 2 heterocycles. The number of nitrogens with zero attached hydrogens (tertiary/aromatic N) is 2. The van der Waals surface area contributed by atoms with Crippen molar-refractivity contribution in [2.24, 2.45) is 0 Å². The third-order valence-corrected chi connectivity index (χ3v) is 7.03. The van der Waals surface area contributed by atoms with Crippen molar-refractivity contribution in [3.05, 3.63) is 15.9 Å². The fourth-order valence-electron chi connectivity index (χ4n) is 1.65. The van der Waals surface area contributed by atoms with Gasteiger partial charge in [0, 0.05) is 24.1 Å². The number of nitrogens with one attached hydrogen (secondary N) is 1. The second-order valence-electron chi connectivity index (χ2n) is 3.52. The standard InChI is InChI=1S/C9H10BrN3O2S2/c10-8-1-4-16-9(8)17(14,15)13-3-2-12-6-7(13)5-11/h1,4,7,12H,2-3,6H2. The molecule has 1 aromatic heterocycles. The summed E-state index contributed by atoms with van der Waals surface area (Å²) in [5.74, 6) is 0. The first-order chi connectivity index (χ1) is 8.07. The maximum absolute atomic E-state index is 12.4. The fraction of sp³-hybridized carbons (Fsp3) is 0.444. The van der Waals surface area contributed by atoms with Gasteiger partial charge in [-0.1, -0.05) is 0 Å². The van der Waals surface area contributed by atoms with E-state index in [0.717, 1.165) is 11.3 Å². The molecule has 1 aromatic rings. The number of halogens is 1. The number of piperazine rings is 1. The molecule has 0 amide bonds. The zero-order valence-electron chi connectivity index (χ0n) is 8.76. The van der Waals surface area contributed by atoms with Crippen LogP contribution in [0, 0.1) is 11.3 Å². The molecule has 1 saturated heterocycles. The topological polar surface area (TPSA) is 73.2 Å². The monoisotopic (exact) mass is 335 g/mol. The highest BCUT2D eigenvalue weighted by molar-refractivity contribution is 9.10. The predicted molar refractivity (Wildman–Crippen MR) is 68.2 cm³/mol. The molecule has 8 heteroatoms. The normalized spacial score (nSPS) is 22.2. The third-order valence-electron chi connectivity index (χ3n) is 2.47. The Morgan fingerprint density at radius 2 is 2.41 bits per heavy atom. The fourth-order valence-corrected chi connectivity index (χ4v) is 5.62. The Morgan fingerprint density at radius 1 is 1.65 bits per heavy atom. The highest BCUT2D eigenvalue weighted by Crippen LogP contribution is 2.31. The molecule has 1 N–H and O–H groups in total. The van der Waals surface area contributed by atoms with Crippen molar-refractivity contribution < 1.29 is 8.42 Å². The maximum Gasteiger partial charge on any atom is 0.254 e. The minimum Gasteiger partial charge on any atom is -0.313 e. The third kappa shape index (κ3) is 2.39. The van der Waals surface area contributed by atoms with Gasteiger partial charge in [-0.2, -0.15) is 9.57 Å². The van der Waals surface area contributed by atoms with Crippen molar-refractivity contribution in [2.45, 2.75) is 10.3 Å². The number of rotatable bonds is 2. The quantitative estimate of drug-likeness (QED) is 0.874. The van der Waals surface area contributed by atoms with Crippen LogP contribution in [0.25, 0.3) is 0 Å². The van der Waals surface area contributed by atoms with Crippen molar-refractivity contribution in [1.29, 1.82) is 5.26 Å². The second kappa shape index (κ2) is 5.04. The van der Waals surface area contributed by atoms with Gasteiger partial charge in [-0.15, -0.1) is 11.3 Å².